The average molecular weight is 583 g/mol. The quantitative estimate of drug-likeness (QED) is 0.247. The molecule has 0 spiro atoms. The van der Waals surface area contributed by atoms with Crippen molar-refractivity contribution in [2.45, 2.75) is 0 Å². The van der Waals surface area contributed by atoms with Crippen LogP contribution in [-0.2, 0) is 16.8 Å². The molecule has 4 N–H and O–H groups in total. The Kier molecular flexibility index (Phi) is 6.71. The Bertz CT molecular complexity index is 2030. The number of aromatic hydroxyl groups is 2. The molecule has 0 aliphatic carbocycles. The monoisotopic (exact) mass is 583 g/mol. The van der Waals surface area contributed by atoms with Crippen molar-refractivity contribution < 1.29 is 27.0 Å². The van der Waals surface area contributed by atoms with Crippen LogP contribution in [0.3, 0.4) is 0 Å². The Morgan fingerprint density at radius 1 is 0.439 bits per heavy atom. The molecule has 0 saturated heterocycles. The number of hydrogen-bond donors (Lipinski definition) is 4. The summed E-state index contributed by atoms with van der Waals surface area (Å²) < 4.78 is 0. The minimum absolute atomic E-state index is 0. The molecule has 2 aromatic heterocycles. The number of nitrogens with one attached hydrogen (secondary N) is 2. The van der Waals surface area contributed by atoms with E-state index in [0.717, 1.165) is 43.0 Å². The molecule has 0 unspecified atom stereocenters. The minimum atomic E-state index is 0. The number of benzene rings is 4. The molecule has 10 nitrogen and oxygen atoms in total. The summed E-state index contributed by atoms with van der Waals surface area (Å²) >= 11 is 0. The Balaban J connectivity index is 0.000000144. The van der Waals surface area contributed by atoms with Crippen LogP contribution in [0.5, 0.6) is 11.8 Å². The molecule has 1 radical (unpaired) electrons. The average Bonchev–Trinajstić information content (AvgIpc) is 3.73. The second kappa shape index (κ2) is 10.6. The zero-order valence-corrected chi connectivity index (χ0v) is 22.2. The largest absolute Gasteiger partial charge is 2.00 e. The Hall–Kier alpha value is -5.39. The van der Waals surface area contributed by atoms with Crippen LogP contribution in [0.25, 0.3) is 21.5 Å². The van der Waals surface area contributed by atoms with E-state index in [0.29, 0.717) is 23.6 Å². The summed E-state index contributed by atoms with van der Waals surface area (Å²) in [5.41, 5.74) is 0. The van der Waals surface area contributed by atoms with Gasteiger partial charge in [0.05, 0.1) is 21.4 Å². The van der Waals surface area contributed by atoms with Gasteiger partial charge in [0.15, 0.2) is 11.8 Å². The molecule has 8 rings (SSSR count). The van der Waals surface area contributed by atoms with Gasteiger partial charge < -0.3 is 20.2 Å². The molecule has 0 atom stereocenters. The van der Waals surface area contributed by atoms with E-state index in [9.17, 15) is 10.2 Å². The van der Waals surface area contributed by atoms with Crippen molar-refractivity contribution in [1.82, 2.24) is 9.97 Å². The van der Waals surface area contributed by atoms with E-state index >= 15 is 0 Å². The van der Waals surface area contributed by atoms with Crippen LogP contribution in [0.2, 0.25) is 0 Å². The summed E-state index contributed by atoms with van der Waals surface area (Å²) in [6.45, 7) is 0. The fraction of sp³-hybridized carbons (Fsp3) is 0. The van der Waals surface area contributed by atoms with Gasteiger partial charge in [-0.1, -0.05) is 60.7 Å². The summed E-state index contributed by atoms with van der Waals surface area (Å²) in [6, 6.07) is 30.2. The van der Waals surface area contributed by atoms with Crippen LogP contribution >= 0.6 is 0 Å². The number of aromatic amines is 2. The SMILES string of the molecule is Oc1[nH]c(N=C2N=c3ccccc3=N2)c2ccccc12.Oc1[nH]c(N=C2N=c3ccccc3=N2)c2ccccc12.[Co+2]. The Morgan fingerprint density at radius 3 is 1.07 bits per heavy atom. The van der Waals surface area contributed by atoms with Gasteiger partial charge in [0, 0.05) is 21.5 Å². The molecule has 4 aromatic carbocycles. The first kappa shape index (κ1) is 25.9. The molecular weight excluding hydrogens is 563 g/mol. The second-order valence-electron chi connectivity index (χ2n) is 8.98. The minimum Gasteiger partial charge on any atom is -0.494 e. The summed E-state index contributed by atoms with van der Waals surface area (Å²) in [6.07, 6.45) is 0. The molecule has 4 heterocycles. The number of guanidine groups is 2. The van der Waals surface area contributed by atoms with Crippen LogP contribution in [0.4, 0.5) is 11.6 Å². The Labute approximate surface area is 241 Å². The fourth-order valence-electron chi connectivity index (χ4n) is 4.55. The van der Waals surface area contributed by atoms with Gasteiger partial charge in [0.2, 0.25) is 0 Å². The summed E-state index contributed by atoms with van der Waals surface area (Å²) in [5, 5.41) is 26.1. The number of para-hydroxylation sites is 4. The van der Waals surface area contributed by atoms with E-state index in [2.05, 4.69) is 39.9 Å². The van der Waals surface area contributed by atoms with Gasteiger partial charge in [-0.3, -0.25) is 0 Å². The molecule has 2 aliphatic rings. The molecule has 0 saturated carbocycles. The normalized spacial score (nSPS) is 12.6. The van der Waals surface area contributed by atoms with E-state index in [-0.39, 0.29) is 28.5 Å². The van der Waals surface area contributed by atoms with E-state index in [1.807, 2.05) is 97.1 Å². The first-order valence-electron chi connectivity index (χ1n) is 12.4. The molecule has 199 valence electrons. The van der Waals surface area contributed by atoms with Crippen molar-refractivity contribution in [2.24, 2.45) is 30.0 Å². The topological polar surface area (TPSA) is 146 Å². The summed E-state index contributed by atoms with van der Waals surface area (Å²) in [7, 11) is 0. The van der Waals surface area contributed by atoms with Crippen molar-refractivity contribution in [1.29, 1.82) is 0 Å². The van der Waals surface area contributed by atoms with Crippen LogP contribution < -0.4 is 21.4 Å². The summed E-state index contributed by atoms with van der Waals surface area (Å²) in [4.78, 5) is 31.9. The van der Waals surface area contributed by atoms with Gasteiger partial charge in [-0.2, -0.15) is 9.98 Å². The van der Waals surface area contributed by atoms with Crippen molar-refractivity contribution in [3.8, 4) is 11.8 Å². The summed E-state index contributed by atoms with van der Waals surface area (Å²) in [5.74, 6) is 2.11. The van der Waals surface area contributed by atoms with E-state index < -0.39 is 0 Å². The third kappa shape index (κ3) is 4.91. The van der Waals surface area contributed by atoms with Crippen LogP contribution in [0.1, 0.15) is 0 Å². The molecule has 0 amide bonds. The van der Waals surface area contributed by atoms with Gasteiger partial charge in [-0.15, -0.1) is 0 Å². The molecule has 0 fully saturated rings. The van der Waals surface area contributed by atoms with Gasteiger partial charge >= 0.3 is 16.8 Å². The van der Waals surface area contributed by atoms with E-state index in [1.54, 1.807) is 0 Å². The number of aromatic nitrogens is 2. The number of nitrogens with zero attached hydrogens (tertiary/aromatic N) is 6. The molecule has 0 bridgehead atoms. The maximum absolute atomic E-state index is 9.85. The van der Waals surface area contributed by atoms with Crippen LogP contribution in [-0.4, -0.2) is 32.1 Å². The van der Waals surface area contributed by atoms with Crippen LogP contribution in [0, 0.1) is 0 Å². The number of H-pyrrole nitrogens is 2. The maximum atomic E-state index is 9.85. The van der Waals surface area contributed by atoms with Crippen molar-refractivity contribution >= 4 is 45.1 Å². The smallest absolute Gasteiger partial charge is 0.494 e. The third-order valence-corrected chi connectivity index (χ3v) is 6.42. The molecule has 6 aromatic rings. The second-order valence-corrected chi connectivity index (χ2v) is 8.98. The number of rotatable bonds is 2. The molecular formula is C30H20CoN8O2+2. The predicted molar refractivity (Wildman–Crippen MR) is 152 cm³/mol. The van der Waals surface area contributed by atoms with Crippen molar-refractivity contribution in [3.05, 3.63) is 118 Å². The predicted octanol–water partition coefficient (Wildman–Crippen LogP) is 3.63. The first-order chi connectivity index (χ1) is 19.6. The molecule has 41 heavy (non-hydrogen) atoms. The van der Waals surface area contributed by atoms with E-state index in [1.165, 1.54) is 0 Å². The number of aliphatic imine (C=N–C) groups is 2. The van der Waals surface area contributed by atoms with E-state index in [4.69, 9.17) is 0 Å². The van der Waals surface area contributed by atoms with Crippen LogP contribution in [0.15, 0.2) is 127 Å². The maximum Gasteiger partial charge on any atom is 2.00 e. The molecule has 2 aliphatic heterocycles. The van der Waals surface area contributed by atoms with Crippen molar-refractivity contribution in [2.75, 3.05) is 0 Å². The Morgan fingerprint density at radius 2 is 0.732 bits per heavy atom. The number of hydrogen-bond acceptors (Lipinski definition) is 4. The molecule has 11 heteroatoms. The van der Waals surface area contributed by atoms with Gasteiger partial charge in [0.1, 0.15) is 11.6 Å². The zero-order valence-electron chi connectivity index (χ0n) is 21.1. The fourth-order valence-corrected chi connectivity index (χ4v) is 4.55. The van der Waals surface area contributed by atoms with Gasteiger partial charge in [-0.25, -0.2) is 20.0 Å². The number of fused-ring (bicyclic) bond motifs is 4. The zero-order chi connectivity index (χ0) is 27.1. The standard InChI is InChI=1S/2C15H10N4O.Co/c2*20-14-10-6-2-1-5-9(10)13(18-14)19-15-16-11-7-3-4-8-12(11)17-15;/h2*1-8,18,20H;/q;;+2. The first-order valence-corrected chi connectivity index (χ1v) is 12.4. The van der Waals surface area contributed by atoms with Gasteiger partial charge in [-0.05, 0) is 36.4 Å². The van der Waals surface area contributed by atoms with Gasteiger partial charge in [0.25, 0.3) is 11.9 Å². The van der Waals surface area contributed by atoms with Crippen molar-refractivity contribution in [3.63, 3.8) is 0 Å². The third-order valence-electron chi connectivity index (χ3n) is 6.42.